The lowest BCUT2D eigenvalue weighted by Crippen LogP contribution is -2.38. The number of benzene rings is 2. The second kappa shape index (κ2) is 7.34. The molecule has 1 aromatic heterocycles. The largest absolute Gasteiger partial charge is 0.332 e. The second-order valence-electron chi connectivity index (χ2n) is 6.75. The van der Waals surface area contributed by atoms with Gasteiger partial charge >= 0.3 is 0 Å². The standard InChI is InChI=1S/C21H21ClN2O2/c1-13(2)24(21(26)15-5-4-6-18(22)11-15)12-17-10-16-9-14(3)7-8-19(16)23-20(17)25/h4-11,13H,12H2,1-3H3,(H,23,25). The van der Waals surface area contributed by atoms with E-state index in [4.69, 9.17) is 11.6 Å². The summed E-state index contributed by atoms with van der Waals surface area (Å²) in [6, 6.07) is 14.5. The van der Waals surface area contributed by atoms with Crippen molar-refractivity contribution in [2.24, 2.45) is 0 Å². The van der Waals surface area contributed by atoms with Gasteiger partial charge in [0.05, 0.1) is 6.54 Å². The Morgan fingerprint density at radius 2 is 1.92 bits per heavy atom. The van der Waals surface area contributed by atoms with Gasteiger partial charge in [-0.2, -0.15) is 0 Å². The van der Waals surface area contributed by atoms with Crippen molar-refractivity contribution in [1.82, 2.24) is 9.88 Å². The molecule has 1 N–H and O–H groups in total. The highest BCUT2D eigenvalue weighted by Gasteiger charge is 2.20. The Morgan fingerprint density at radius 3 is 2.62 bits per heavy atom. The van der Waals surface area contributed by atoms with E-state index in [9.17, 15) is 9.59 Å². The first-order chi connectivity index (χ1) is 12.3. The number of H-pyrrole nitrogens is 1. The molecule has 26 heavy (non-hydrogen) atoms. The maximum Gasteiger partial charge on any atom is 0.254 e. The van der Waals surface area contributed by atoms with Gasteiger partial charge in [-0.3, -0.25) is 9.59 Å². The molecule has 0 fully saturated rings. The molecule has 0 atom stereocenters. The fourth-order valence-electron chi connectivity index (χ4n) is 2.95. The highest BCUT2D eigenvalue weighted by molar-refractivity contribution is 6.30. The number of carbonyl (C=O) groups is 1. The van der Waals surface area contributed by atoms with E-state index < -0.39 is 0 Å². The average molecular weight is 369 g/mol. The van der Waals surface area contributed by atoms with Gasteiger partial charge in [-0.15, -0.1) is 0 Å². The Bertz CT molecular complexity index is 1020. The SMILES string of the molecule is Cc1ccc2[nH]c(=O)c(CN(C(=O)c3cccc(Cl)c3)C(C)C)cc2c1. The molecule has 0 bridgehead atoms. The number of aromatic amines is 1. The number of aryl methyl sites for hydroxylation is 1. The van der Waals surface area contributed by atoms with Crippen LogP contribution in [0, 0.1) is 6.92 Å². The summed E-state index contributed by atoms with van der Waals surface area (Å²) >= 11 is 6.01. The first-order valence-electron chi connectivity index (χ1n) is 8.54. The van der Waals surface area contributed by atoms with Crippen molar-refractivity contribution >= 4 is 28.4 Å². The van der Waals surface area contributed by atoms with Gasteiger partial charge in [0.2, 0.25) is 0 Å². The number of amides is 1. The number of hydrogen-bond acceptors (Lipinski definition) is 2. The zero-order valence-corrected chi connectivity index (χ0v) is 15.8. The molecule has 1 heterocycles. The first kappa shape index (κ1) is 18.2. The Kier molecular flexibility index (Phi) is 5.14. The van der Waals surface area contributed by atoms with E-state index in [0.29, 0.717) is 16.1 Å². The normalized spacial score (nSPS) is 11.1. The zero-order chi connectivity index (χ0) is 18.8. The topological polar surface area (TPSA) is 53.2 Å². The Hall–Kier alpha value is -2.59. The van der Waals surface area contributed by atoms with Crippen LogP contribution in [0.3, 0.4) is 0 Å². The van der Waals surface area contributed by atoms with Crippen LogP contribution in [0.5, 0.6) is 0 Å². The molecule has 5 heteroatoms. The number of fused-ring (bicyclic) bond motifs is 1. The number of halogens is 1. The molecule has 0 saturated carbocycles. The maximum absolute atomic E-state index is 12.9. The lowest BCUT2D eigenvalue weighted by atomic mass is 10.1. The van der Waals surface area contributed by atoms with Crippen molar-refractivity contribution in [3.63, 3.8) is 0 Å². The third-order valence-electron chi connectivity index (χ3n) is 4.37. The van der Waals surface area contributed by atoms with Crippen LogP contribution in [0.4, 0.5) is 0 Å². The Labute approximate surface area is 157 Å². The number of pyridine rings is 1. The number of nitrogens with zero attached hydrogens (tertiary/aromatic N) is 1. The maximum atomic E-state index is 12.9. The van der Waals surface area contributed by atoms with Crippen LogP contribution in [-0.2, 0) is 6.54 Å². The number of nitrogens with one attached hydrogen (secondary N) is 1. The molecule has 3 rings (SSSR count). The summed E-state index contributed by atoms with van der Waals surface area (Å²) in [4.78, 5) is 30.0. The molecular weight excluding hydrogens is 348 g/mol. The van der Waals surface area contributed by atoms with E-state index in [1.165, 1.54) is 0 Å². The molecule has 3 aromatic rings. The summed E-state index contributed by atoms with van der Waals surface area (Å²) in [5.74, 6) is -0.147. The van der Waals surface area contributed by atoms with Gasteiger partial charge in [-0.1, -0.05) is 29.3 Å². The fourth-order valence-corrected chi connectivity index (χ4v) is 3.14. The fraction of sp³-hybridized carbons (Fsp3) is 0.238. The van der Waals surface area contributed by atoms with E-state index in [-0.39, 0.29) is 24.1 Å². The molecule has 2 aromatic carbocycles. The molecule has 0 radical (unpaired) electrons. The summed E-state index contributed by atoms with van der Waals surface area (Å²) in [7, 11) is 0. The van der Waals surface area contributed by atoms with E-state index in [1.54, 1.807) is 29.2 Å². The lowest BCUT2D eigenvalue weighted by Gasteiger charge is -2.27. The van der Waals surface area contributed by atoms with Crippen molar-refractivity contribution in [2.45, 2.75) is 33.4 Å². The van der Waals surface area contributed by atoms with Crippen molar-refractivity contribution in [2.75, 3.05) is 0 Å². The van der Waals surface area contributed by atoms with Crippen LogP contribution in [-0.4, -0.2) is 21.8 Å². The minimum Gasteiger partial charge on any atom is -0.332 e. The third kappa shape index (κ3) is 3.81. The van der Waals surface area contributed by atoms with E-state index in [2.05, 4.69) is 4.98 Å². The van der Waals surface area contributed by atoms with Crippen LogP contribution in [0.2, 0.25) is 5.02 Å². The van der Waals surface area contributed by atoms with Gasteiger partial charge in [-0.25, -0.2) is 0 Å². The molecule has 0 aliphatic carbocycles. The number of rotatable bonds is 4. The number of carbonyl (C=O) groups excluding carboxylic acids is 1. The van der Waals surface area contributed by atoms with Crippen molar-refractivity contribution in [1.29, 1.82) is 0 Å². The van der Waals surface area contributed by atoms with E-state index in [0.717, 1.165) is 16.5 Å². The quantitative estimate of drug-likeness (QED) is 0.735. The van der Waals surface area contributed by atoms with Gasteiger partial charge < -0.3 is 9.88 Å². The van der Waals surface area contributed by atoms with Crippen LogP contribution in [0.25, 0.3) is 10.9 Å². The smallest absolute Gasteiger partial charge is 0.254 e. The van der Waals surface area contributed by atoms with Gasteiger partial charge in [-0.05, 0) is 62.6 Å². The van der Waals surface area contributed by atoms with E-state index >= 15 is 0 Å². The minimum atomic E-state index is -0.175. The van der Waals surface area contributed by atoms with E-state index in [1.807, 2.05) is 45.0 Å². The van der Waals surface area contributed by atoms with Crippen LogP contribution in [0.15, 0.2) is 53.3 Å². The molecule has 0 saturated heterocycles. The van der Waals surface area contributed by atoms with Gasteiger partial charge in [0, 0.05) is 27.7 Å². The number of aromatic nitrogens is 1. The van der Waals surface area contributed by atoms with Crippen molar-refractivity contribution in [3.05, 3.63) is 80.6 Å². The highest BCUT2D eigenvalue weighted by Crippen LogP contribution is 2.18. The van der Waals surface area contributed by atoms with Gasteiger partial charge in [0.15, 0.2) is 0 Å². The molecule has 0 aliphatic rings. The molecule has 4 nitrogen and oxygen atoms in total. The van der Waals surface area contributed by atoms with Crippen LogP contribution in [0.1, 0.15) is 35.3 Å². The van der Waals surface area contributed by atoms with Gasteiger partial charge in [0.25, 0.3) is 11.5 Å². The summed E-state index contributed by atoms with van der Waals surface area (Å²) in [5, 5.41) is 1.47. The summed E-state index contributed by atoms with van der Waals surface area (Å²) in [6.07, 6.45) is 0. The second-order valence-corrected chi connectivity index (χ2v) is 7.19. The Balaban J connectivity index is 1.98. The average Bonchev–Trinajstić information content (AvgIpc) is 2.59. The lowest BCUT2D eigenvalue weighted by molar-refractivity contribution is 0.0689. The van der Waals surface area contributed by atoms with Crippen LogP contribution >= 0.6 is 11.6 Å². The predicted octanol–water partition coefficient (Wildman–Crippen LogP) is 4.54. The van der Waals surface area contributed by atoms with Crippen LogP contribution < -0.4 is 5.56 Å². The molecule has 0 spiro atoms. The molecule has 0 aliphatic heterocycles. The van der Waals surface area contributed by atoms with Crippen molar-refractivity contribution < 1.29 is 4.79 Å². The molecule has 134 valence electrons. The molecular formula is C21H21ClN2O2. The van der Waals surface area contributed by atoms with Crippen molar-refractivity contribution in [3.8, 4) is 0 Å². The third-order valence-corrected chi connectivity index (χ3v) is 4.61. The summed E-state index contributed by atoms with van der Waals surface area (Å²) in [6.45, 7) is 6.11. The highest BCUT2D eigenvalue weighted by atomic mass is 35.5. The molecule has 0 unspecified atom stereocenters. The summed E-state index contributed by atoms with van der Waals surface area (Å²) < 4.78 is 0. The predicted molar refractivity (Wildman–Crippen MR) is 106 cm³/mol. The van der Waals surface area contributed by atoms with Gasteiger partial charge in [0.1, 0.15) is 0 Å². The zero-order valence-electron chi connectivity index (χ0n) is 15.0. The summed E-state index contributed by atoms with van der Waals surface area (Å²) in [5.41, 5.74) is 2.81. The first-order valence-corrected chi connectivity index (χ1v) is 8.92. The monoisotopic (exact) mass is 368 g/mol. The number of hydrogen-bond donors (Lipinski definition) is 1. The minimum absolute atomic E-state index is 0.0610. The molecule has 1 amide bonds. The Morgan fingerprint density at radius 1 is 1.15 bits per heavy atom.